The minimum atomic E-state index is -5.28. The van der Waals surface area contributed by atoms with Crippen molar-refractivity contribution in [3.63, 3.8) is 0 Å². The quantitative estimate of drug-likeness (QED) is 0.514. The van der Waals surface area contributed by atoms with Crippen LogP contribution in [0.5, 0.6) is 0 Å². The van der Waals surface area contributed by atoms with E-state index in [1.807, 2.05) is 18.2 Å². The van der Waals surface area contributed by atoms with Crippen LogP contribution < -0.4 is 5.73 Å². The molecule has 8 heteroatoms. The number of benzene rings is 2. The Morgan fingerprint density at radius 1 is 1.14 bits per heavy atom. The third-order valence-electron chi connectivity index (χ3n) is 4.50. The monoisotopic (exact) mass is 392 g/mol. The Bertz CT molecular complexity index is 999. The van der Waals surface area contributed by atoms with Gasteiger partial charge in [0, 0.05) is 23.7 Å². The number of aromatic nitrogens is 1. The van der Waals surface area contributed by atoms with Crippen molar-refractivity contribution in [1.29, 1.82) is 0 Å². The van der Waals surface area contributed by atoms with Gasteiger partial charge in [-0.1, -0.05) is 42.5 Å². The minimum Gasteiger partial charge on any atom is -0.463 e. The highest BCUT2D eigenvalue weighted by Crippen LogP contribution is 2.44. The van der Waals surface area contributed by atoms with Crippen molar-refractivity contribution in [2.45, 2.75) is 25.2 Å². The zero-order valence-corrected chi connectivity index (χ0v) is 15.0. The van der Waals surface area contributed by atoms with Crippen LogP contribution in [0.25, 0.3) is 10.9 Å². The van der Waals surface area contributed by atoms with Crippen LogP contribution in [0, 0.1) is 0 Å². The number of halogens is 3. The summed E-state index contributed by atoms with van der Waals surface area (Å²) in [5.74, 6) is -1.77. The van der Waals surface area contributed by atoms with Crippen LogP contribution in [0.1, 0.15) is 18.1 Å². The van der Waals surface area contributed by atoms with Crippen LogP contribution in [0.3, 0.4) is 0 Å². The molecule has 28 heavy (non-hydrogen) atoms. The molecule has 1 unspecified atom stereocenters. The summed E-state index contributed by atoms with van der Waals surface area (Å²) in [6, 6.07) is 13.4. The SMILES string of the molecule is CCOC(=O)C(O)(c1cn(Cc2ccccc2)c2c(N)cccc12)C(F)(F)F. The van der Waals surface area contributed by atoms with Gasteiger partial charge in [0.1, 0.15) is 0 Å². The molecule has 5 nitrogen and oxygen atoms in total. The highest BCUT2D eigenvalue weighted by atomic mass is 19.4. The molecule has 148 valence electrons. The van der Waals surface area contributed by atoms with Crippen molar-refractivity contribution < 1.29 is 27.8 Å². The largest absolute Gasteiger partial charge is 0.463 e. The lowest BCUT2D eigenvalue weighted by Gasteiger charge is -2.27. The van der Waals surface area contributed by atoms with Crippen LogP contribution in [0.15, 0.2) is 54.7 Å². The van der Waals surface area contributed by atoms with Gasteiger partial charge in [0.25, 0.3) is 5.60 Å². The van der Waals surface area contributed by atoms with E-state index in [2.05, 4.69) is 4.74 Å². The zero-order chi connectivity index (χ0) is 20.5. The molecule has 0 saturated heterocycles. The van der Waals surface area contributed by atoms with Gasteiger partial charge in [-0.3, -0.25) is 0 Å². The zero-order valence-electron chi connectivity index (χ0n) is 15.0. The number of esters is 1. The van der Waals surface area contributed by atoms with Gasteiger partial charge in [0.2, 0.25) is 0 Å². The van der Waals surface area contributed by atoms with Crippen molar-refractivity contribution in [3.8, 4) is 0 Å². The van der Waals surface area contributed by atoms with E-state index in [0.29, 0.717) is 5.52 Å². The number of nitrogens with two attached hydrogens (primary N) is 1. The molecule has 0 amide bonds. The summed E-state index contributed by atoms with van der Waals surface area (Å²) in [5, 5.41) is 10.6. The lowest BCUT2D eigenvalue weighted by Crippen LogP contribution is -2.50. The second-order valence-electron chi connectivity index (χ2n) is 6.33. The van der Waals surface area contributed by atoms with Crippen molar-refractivity contribution in [2.24, 2.45) is 0 Å². The van der Waals surface area contributed by atoms with Gasteiger partial charge in [-0.2, -0.15) is 13.2 Å². The molecule has 1 aromatic heterocycles. The number of aliphatic hydroxyl groups is 1. The molecule has 0 saturated carbocycles. The predicted molar refractivity (Wildman–Crippen MR) is 98.5 cm³/mol. The van der Waals surface area contributed by atoms with Crippen molar-refractivity contribution in [1.82, 2.24) is 4.57 Å². The van der Waals surface area contributed by atoms with Gasteiger partial charge in [-0.15, -0.1) is 0 Å². The number of anilines is 1. The first-order chi connectivity index (χ1) is 13.2. The van der Waals surface area contributed by atoms with E-state index < -0.39 is 23.3 Å². The lowest BCUT2D eigenvalue weighted by molar-refractivity contribution is -0.267. The number of carbonyl (C=O) groups excluding carboxylic acids is 1. The molecule has 0 fully saturated rings. The number of hydrogen-bond donors (Lipinski definition) is 2. The maximum atomic E-state index is 13.8. The Hall–Kier alpha value is -3.00. The number of carbonyl (C=O) groups is 1. The summed E-state index contributed by atoms with van der Waals surface area (Å²) < 4.78 is 47.5. The summed E-state index contributed by atoms with van der Waals surface area (Å²) in [4.78, 5) is 12.2. The maximum Gasteiger partial charge on any atom is 0.432 e. The van der Waals surface area contributed by atoms with E-state index in [-0.39, 0.29) is 24.2 Å². The molecule has 0 radical (unpaired) electrons. The Morgan fingerprint density at radius 2 is 1.82 bits per heavy atom. The summed E-state index contributed by atoms with van der Waals surface area (Å²) in [6.07, 6.45) is -4.17. The second kappa shape index (κ2) is 7.20. The summed E-state index contributed by atoms with van der Waals surface area (Å²) >= 11 is 0. The van der Waals surface area contributed by atoms with Gasteiger partial charge >= 0.3 is 12.1 Å². The lowest BCUT2D eigenvalue weighted by atomic mass is 9.92. The molecule has 0 spiro atoms. The Morgan fingerprint density at radius 3 is 2.43 bits per heavy atom. The van der Waals surface area contributed by atoms with Crippen LogP contribution in [-0.4, -0.2) is 28.4 Å². The highest BCUT2D eigenvalue weighted by molar-refractivity contribution is 5.97. The van der Waals surface area contributed by atoms with Crippen molar-refractivity contribution in [3.05, 3.63) is 65.9 Å². The second-order valence-corrected chi connectivity index (χ2v) is 6.33. The smallest absolute Gasteiger partial charge is 0.432 e. The topological polar surface area (TPSA) is 77.5 Å². The van der Waals surface area contributed by atoms with E-state index in [4.69, 9.17) is 5.73 Å². The molecular formula is C20H19F3N2O3. The molecule has 0 aliphatic carbocycles. The molecular weight excluding hydrogens is 373 g/mol. The third kappa shape index (κ3) is 3.20. The van der Waals surface area contributed by atoms with E-state index in [1.165, 1.54) is 23.6 Å². The normalized spacial score (nSPS) is 14.0. The Balaban J connectivity index is 2.26. The standard InChI is InChI=1S/C20H19F3N2O3/c1-2-28-18(26)19(27,20(21,22)23)15-12-25(11-13-7-4-3-5-8-13)17-14(15)9-6-10-16(17)24/h3-10,12,27H,2,11,24H2,1H3. The first-order valence-corrected chi connectivity index (χ1v) is 8.58. The molecule has 1 heterocycles. The average molecular weight is 392 g/mol. The molecule has 0 aliphatic heterocycles. The predicted octanol–water partition coefficient (Wildman–Crippen LogP) is 3.58. The fourth-order valence-corrected chi connectivity index (χ4v) is 3.20. The fraction of sp³-hybridized carbons (Fsp3) is 0.250. The summed E-state index contributed by atoms with van der Waals surface area (Å²) in [5.41, 5.74) is 2.94. The number of alkyl halides is 3. The molecule has 3 rings (SSSR count). The van der Waals surface area contributed by atoms with Crippen LogP contribution in [0.4, 0.5) is 18.9 Å². The number of para-hydroxylation sites is 1. The van der Waals surface area contributed by atoms with Gasteiger partial charge in [0.05, 0.1) is 17.8 Å². The van der Waals surface area contributed by atoms with Gasteiger partial charge in [-0.25, -0.2) is 4.79 Å². The Labute approximate surface area is 159 Å². The molecule has 1 atom stereocenters. The minimum absolute atomic E-state index is 0.0313. The van der Waals surface area contributed by atoms with E-state index in [1.54, 1.807) is 18.2 Å². The van der Waals surface area contributed by atoms with E-state index in [9.17, 15) is 23.1 Å². The Kier molecular flexibility index (Phi) is 5.08. The summed E-state index contributed by atoms with van der Waals surface area (Å²) in [6.45, 7) is 1.27. The number of nitrogens with zero attached hydrogens (tertiary/aromatic N) is 1. The molecule has 0 aliphatic rings. The van der Waals surface area contributed by atoms with Gasteiger partial charge in [-0.05, 0) is 18.6 Å². The van der Waals surface area contributed by atoms with Crippen LogP contribution in [-0.2, 0) is 21.7 Å². The molecule has 3 aromatic rings. The average Bonchev–Trinajstić information content (AvgIpc) is 3.01. The molecule has 0 bridgehead atoms. The number of ether oxygens (including phenoxy) is 1. The number of fused-ring (bicyclic) bond motifs is 1. The van der Waals surface area contributed by atoms with E-state index >= 15 is 0 Å². The number of rotatable bonds is 5. The van der Waals surface area contributed by atoms with Crippen LogP contribution >= 0.6 is 0 Å². The fourth-order valence-electron chi connectivity index (χ4n) is 3.20. The highest BCUT2D eigenvalue weighted by Gasteiger charge is 2.63. The van der Waals surface area contributed by atoms with Crippen molar-refractivity contribution >= 4 is 22.6 Å². The van der Waals surface area contributed by atoms with Gasteiger partial charge < -0.3 is 20.1 Å². The third-order valence-corrected chi connectivity index (χ3v) is 4.50. The number of hydrogen-bond acceptors (Lipinski definition) is 4. The molecule has 2 aromatic carbocycles. The first kappa shape index (κ1) is 19.8. The van der Waals surface area contributed by atoms with Crippen LogP contribution in [0.2, 0.25) is 0 Å². The first-order valence-electron chi connectivity index (χ1n) is 8.58. The maximum absolute atomic E-state index is 13.8. The van der Waals surface area contributed by atoms with Gasteiger partial charge in [0.15, 0.2) is 0 Å². The van der Waals surface area contributed by atoms with Crippen molar-refractivity contribution in [2.75, 3.05) is 12.3 Å². The summed E-state index contributed by atoms with van der Waals surface area (Å²) in [7, 11) is 0. The number of nitrogen functional groups attached to an aromatic ring is 1. The molecule has 3 N–H and O–H groups in total. The van der Waals surface area contributed by atoms with E-state index in [0.717, 1.165) is 11.8 Å².